The summed E-state index contributed by atoms with van der Waals surface area (Å²) in [6.45, 7) is 5.13. The molecule has 7 nitrogen and oxygen atoms in total. The molecule has 172 valence electrons. The van der Waals surface area contributed by atoms with Crippen LogP contribution in [0.4, 0.5) is 4.39 Å². The Bertz CT molecular complexity index is 1160. The van der Waals surface area contributed by atoms with Crippen LogP contribution in [0.15, 0.2) is 27.5 Å². The van der Waals surface area contributed by atoms with Crippen molar-refractivity contribution in [3.8, 4) is 0 Å². The first kappa shape index (κ1) is 22.6. The van der Waals surface area contributed by atoms with Crippen LogP contribution < -0.4 is 5.56 Å². The Balaban J connectivity index is 0.00000245. The molecule has 2 aliphatic rings. The fraction of sp³-hybridized carbons (Fsp3) is 0.542. The van der Waals surface area contributed by atoms with Crippen LogP contribution in [-0.2, 0) is 13.0 Å². The van der Waals surface area contributed by atoms with Gasteiger partial charge in [0.25, 0.3) is 5.56 Å². The number of piperidine rings is 1. The van der Waals surface area contributed by atoms with Crippen LogP contribution in [0.25, 0.3) is 11.0 Å². The number of rotatable bonds is 4. The number of aliphatic hydroxyl groups excluding tert-OH is 1. The molecular weight excluding hydrogens is 411 g/mol. The van der Waals surface area contributed by atoms with E-state index in [-0.39, 0.29) is 18.8 Å². The van der Waals surface area contributed by atoms with E-state index in [0.717, 1.165) is 61.2 Å². The van der Waals surface area contributed by atoms with Gasteiger partial charge in [0.2, 0.25) is 0 Å². The number of hydrogen-bond acceptors (Lipinski definition) is 6. The lowest BCUT2D eigenvalue weighted by atomic mass is 9.91. The average molecular weight is 443 g/mol. The second kappa shape index (κ2) is 9.11. The molecule has 1 unspecified atom stereocenters. The number of hydrogen-bond donors (Lipinski definition) is 1. The van der Waals surface area contributed by atoms with E-state index in [1.807, 2.05) is 6.92 Å². The van der Waals surface area contributed by atoms with Gasteiger partial charge in [0.05, 0.1) is 5.69 Å². The van der Waals surface area contributed by atoms with Gasteiger partial charge < -0.3 is 14.5 Å². The maximum Gasteiger partial charge on any atom is 0.257 e. The highest BCUT2D eigenvalue weighted by atomic mass is 19.1. The van der Waals surface area contributed by atoms with Crippen molar-refractivity contribution in [3.05, 3.63) is 57.1 Å². The third-order valence-electron chi connectivity index (χ3n) is 6.77. The largest absolute Gasteiger partial charge is 0.385 e. The molecule has 1 atom stereocenters. The van der Waals surface area contributed by atoms with Crippen LogP contribution in [0.1, 0.15) is 67.9 Å². The third-order valence-corrected chi connectivity index (χ3v) is 6.77. The summed E-state index contributed by atoms with van der Waals surface area (Å²) in [5.41, 5.74) is 2.90. The molecule has 4 heterocycles. The summed E-state index contributed by atoms with van der Waals surface area (Å²) >= 11 is 0. The van der Waals surface area contributed by atoms with E-state index in [9.17, 15) is 14.3 Å². The summed E-state index contributed by atoms with van der Waals surface area (Å²) in [6, 6.07) is 4.58. The van der Waals surface area contributed by atoms with Gasteiger partial charge in [-0.1, -0.05) is 12.6 Å². The summed E-state index contributed by atoms with van der Waals surface area (Å²) in [7, 11) is 0. The second-order valence-electron chi connectivity index (χ2n) is 8.72. The number of benzene rings is 1. The normalized spacial score (nSPS) is 19.7. The van der Waals surface area contributed by atoms with Crippen LogP contribution in [0.2, 0.25) is 0 Å². The highest BCUT2D eigenvalue weighted by Gasteiger charge is 2.26. The molecule has 0 amide bonds. The van der Waals surface area contributed by atoms with Gasteiger partial charge in [0.1, 0.15) is 17.7 Å². The number of aryl methyl sites for hydroxylation is 1. The second-order valence-corrected chi connectivity index (χ2v) is 8.72. The summed E-state index contributed by atoms with van der Waals surface area (Å²) in [5, 5.41) is 15.3. The van der Waals surface area contributed by atoms with Crippen molar-refractivity contribution in [2.45, 2.75) is 65.0 Å². The fourth-order valence-corrected chi connectivity index (χ4v) is 4.98. The van der Waals surface area contributed by atoms with Crippen molar-refractivity contribution in [3.63, 3.8) is 0 Å². The van der Waals surface area contributed by atoms with Crippen LogP contribution in [0.3, 0.4) is 0 Å². The number of halogens is 1. The highest BCUT2D eigenvalue weighted by molar-refractivity contribution is 5.79. The van der Waals surface area contributed by atoms with Gasteiger partial charge in [-0.15, -0.1) is 0 Å². The Labute approximate surface area is 186 Å². The van der Waals surface area contributed by atoms with E-state index in [0.29, 0.717) is 36.7 Å². The molecule has 2 aliphatic heterocycles. The predicted molar refractivity (Wildman–Crippen MR) is 120 cm³/mol. The first-order valence-electron chi connectivity index (χ1n) is 11.1. The minimum Gasteiger partial charge on any atom is -0.385 e. The standard InChI is InChI=1S/C23H27FN4O3.CH4/c1-14-17(23(30)28-9-2-3-19(29)22(28)25-14)8-12-27-10-6-15(7-11-27)21-18-5-4-16(24)13-20(18)31-26-21;/h4-5,13,15,19,29H,2-3,6-12H2,1H3;1H4. The van der Waals surface area contributed by atoms with Gasteiger partial charge in [0, 0.05) is 41.7 Å². The Kier molecular flexibility index (Phi) is 6.44. The molecule has 1 fully saturated rings. The molecule has 3 aromatic rings. The molecule has 0 radical (unpaired) electrons. The molecule has 1 aromatic carbocycles. The maximum atomic E-state index is 13.4. The Morgan fingerprint density at radius 3 is 2.78 bits per heavy atom. The lowest BCUT2D eigenvalue weighted by Gasteiger charge is -2.31. The molecule has 0 spiro atoms. The molecule has 0 aliphatic carbocycles. The first-order valence-corrected chi connectivity index (χ1v) is 11.1. The molecule has 1 N–H and O–H groups in total. The van der Waals surface area contributed by atoms with Crippen molar-refractivity contribution in [1.29, 1.82) is 0 Å². The fourth-order valence-electron chi connectivity index (χ4n) is 4.98. The molecule has 0 bridgehead atoms. The third kappa shape index (κ3) is 4.09. The van der Waals surface area contributed by atoms with Crippen molar-refractivity contribution < 1.29 is 14.0 Å². The SMILES string of the molecule is C.Cc1nc2n(c(=O)c1CCN1CCC(c3noc4cc(F)ccc34)CC1)CCCC2O. The van der Waals surface area contributed by atoms with E-state index in [4.69, 9.17) is 4.52 Å². The monoisotopic (exact) mass is 442 g/mol. The van der Waals surface area contributed by atoms with Crippen LogP contribution >= 0.6 is 0 Å². The Morgan fingerprint density at radius 2 is 2.00 bits per heavy atom. The van der Waals surface area contributed by atoms with Gasteiger partial charge in [0.15, 0.2) is 5.58 Å². The molecule has 1 saturated heterocycles. The van der Waals surface area contributed by atoms with Gasteiger partial charge in [-0.2, -0.15) is 0 Å². The molecule has 5 rings (SSSR count). The average Bonchev–Trinajstić information content (AvgIpc) is 3.18. The lowest BCUT2D eigenvalue weighted by molar-refractivity contribution is 0.129. The molecule has 32 heavy (non-hydrogen) atoms. The van der Waals surface area contributed by atoms with E-state index >= 15 is 0 Å². The van der Waals surface area contributed by atoms with Gasteiger partial charge in [-0.05, 0) is 64.3 Å². The summed E-state index contributed by atoms with van der Waals surface area (Å²) < 4.78 is 20.4. The summed E-state index contributed by atoms with van der Waals surface area (Å²) in [6.07, 6.45) is 3.38. The lowest BCUT2D eigenvalue weighted by Crippen LogP contribution is -2.37. The zero-order valence-electron chi connectivity index (χ0n) is 17.7. The zero-order chi connectivity index (χ0) is 21.5. The molecular formula is C24H31FN4O3. The highest BCUT2D eigenvalue weighted by Crippen LogP contribution is 2.32. The number of nitrogens with zero attached hydrogens (tertiary/aromatic N) is 4. The van der Waals surface area contributed by atoms with Crippen molar-refractivity contribution >= 4 is 11.0 Å². The maximum absolute atomic E-state index is 13.4. The summed E-state index contributed by atoms with van der Waals surface area (Å²) in [5.74, 6) is 0.489. The smallest absolute Gasteiger partial charge is 0.257 e. The number of likely N-dealkylation sites (tertiary alicyclic amines) is 1. The Hall–Kier alpha value is -2.58. The van der Waals surface area contributed by atoms with Gasteiger partial charge >= 0.3 is 0 Å². The van der Waals surface area contributed by atoms with Crippen LogP contribution in [-0.4, -0.2) is 44.3 Å². The van der Waals surface area contributed by atoms with Crippen molar-refractivity contribution in [1.82, 2.24) is 19.6 Å². The first-order chi connectivity index (χ1) is 15.0. The van der Waals surface area contributed by atoms with Crippen LogP contribution in [0, 0.1) is 12.7 Å². The van der Waals surface area contributed by atoms with E-state index in [1.165, 1.54) is 12.1 Å². The number of aromatic nitrogens is 3. The zero-order valence-corrected chi connectivity index (χ0v) is 17.7. The minimum atomic E-state index is -0.641. The van der Waals surface area contributed by atoms with E-state index in [2.05, 4.69) is 15.0 Å². The van der Waals surface area contributed by atoms with Crippen molar-refractivity contribution in [2.75, 3.05) is 19.6 Å². The van der Waals surface area contributed by atoms with E-state index < -0.39 is 6.10 Å². The molecule has 0 saturated carbocycles. The van der Waals surface area contributed by atoms with Crippen molar-refractivity contribution in [2.24, 2.45) is 0 Å². The quantitative estimate of drug-likeness (QED) is 0.663. The van der Waals surface area contributed by atoms with E-state index in [1.54, 1.807) is 10.6 Å². The summed E-state index contributed by atoms with van der Waals surface area (Å²) in [4.78, 5) is 19.9. The van der Waals surface area contributed by atoms with Crippen LogP contribution in [0.5, 0.6) is 0 Å². The predicted octanol–water partition coefficient (Wildman–Crippen LogP) is 3.72. The number of fused-ring (bicyclic) bond motifs is 2. The Morgan fingerprint density at radius 1 is 1.22 bits per heavy atom. The van der Waals surface area contributed by atoms with Gasteiger partial charge in [-0.25, -0.2) is 9.37 Å². The minimum absolute atomic E-state index is 0. The van der Waals surface area contributed by atoms with Gasteiger partial charge in [-0.3, -0.25) is 9.36 Å². The molecule has 2 aromatic heterocycles. The topological polar surface area (TPSA) is 84.4 Å². The number of aliphatic hydroxyl groups is 1. The molecule has 8 heteroatoms.